The van der Waals surface area contributed by atoms with Gasteiger partial charge in [-0.2, -0.15) is 0 Å². The van der Waals surface area contributed by atoms with Crippen molar-refractivity contribution >= 4 is 28.5 Å². The summed E-state index contributed by atoms with van der Waals surface area (Å²) < 4.78 is 6.93. The lowest BCUT2D eigenvalue weighted by Crippen LogP contribution is -2.45. The van der Waals surface area contributed by atoms with Gasteiger partial charge in [-0.05, 0) is 61.4 Å². The van der Waals surface area contributed by atoms with Gasteiger partial charge in [-0.25, -0.2) is 4.68 Å². The first-order valence-electron chi connectivity index (χ1n) is 11.9. The molecule has 9 heteroatoms. The van der Waals surface area contributed by atoms with Crippen LogP contribution in [-0.2, 0) is 22.7 Å². The number of nitrogens with one attached hydrogen (secondary N) is 1. The molecule has 0 aliphatic heterocycles. The molecule has 0 aliphatic rings. The third-order valence-electron chi connectivity index (χ3n) is 6.12. The first kappa shape index (κ1) is 23.9. The van der Waals surface area contributed by atoms with E-state index in [0.717, 1.165) is 16.6 Å². The highest BCUT2D eigenvalue weighted by Crippen LogP contribution is 2.31. The highest BCUT2D eigenvalue weighted by molar-refractivity contribution is 6.02. The van der Waals surface area contributed by atoms with Crippen molar-refractivity contribution in [2.75, 3.05) is 4.90 Å². The molecule has 0 fully saturated rings. The maximum atomic E-state index is 14.1. The van der Waals surface area contributed by atoms with Crippen LogP contribution in [0.15, 0.2) is 89.8 Å². The van der Waals surface area contributed by atoms with E-state index < -0.39 is 6.04 Å². The second-order valence-corrected chi connectivity index (χ2v) is 8.78. The highest BCUT2D eigenvalue weighted by atomic mass is 16.3. The number of hydrogen-bond donors (Lipinski definition) is 1. The van der Waals surface area contributed by atoms with Crippen molar-refractivity contribution in [3.63, 3.8) is 0 Å². The van der Waals surface area contributed by atoms with Crippen LogP contribution in [0.1, 0.15) is 28.5 Å². The van der Waals surface area contributed by atoms with Crippen molar-refractivity contribution in [3.05, 3.63) is 108 Å². The molecule has 5 rings (SSSR count). The summed E-state index contributed by atoms with van der Waals surface area (Å²) in [4.78, 5) is 33.6. The van der Waals surface area contributed by atoms with Crippen molar-refractivity contribution in [1.82, 2.24) is 25.3 Å². The molecule has 0 spiro atoms. The molecule has 1 atom stereocenters. The van der Waals surface area contributed by atoms with Crippen LogP contribution in [0.5, 0.6) is 0 Å². The standard InChI is InChI=1S/C28H26N6O3/c1-19-11-12-20(2)25(15-19)34(26(35)18-33-24-10-4-3-9-23(24)31-32-33)27(21-7-5-13-29-16-21)28(36)30-17-22-8-6-14-37-22/h3-16,27H,17-18H2,1-2H3,(H,30,36). The smallest absolute Gasteiger partial charge is 0.249 e. The van der Waals surface area contributed by atoms with Gasteiger partial charge in [0.1, 0.15) is 23.9 Å². The largest absolute Gasteiger partial charge is 0.467 e. The SMILES string of the molecule is Cc1ccc(C)c(N(C(=O)Cn2nnc3ccccc32)C(C(=O)NCc2ccco2)c2cccnc2)c1. The minimum atomic E-state index is -0.980. The number of aromatic nitrogens is 4. The molecule has 5 aromatic rings. The number of para-hydroxylation sites is 1. The Kier molecular flexibility index (Phi) is 6.76. The predicted molar refractivity (Wildman–Crippen MR) is 138 cm³/mol. The zero-order valence-corrected chi connectivity index (χ0v) is 20.5. The van der Waals surface area contributed by atoms with Gasteiger partial charge in [-0.1, -0.05) is 35.5 Å². The van der Waals surface area contributed by atoms with Crippen LogP contribution in [0.3, 0.4) is 0 Å². The molecular weight excluding hydrogens is 468 g/mol. The van der Waals surface area contributed by atoms with Crippen molar-refractivity contribution in [1.29, 1.82) is 0 Å². The summed E-state index contributed by atoms with van der Waals surface area (Å²) in [6.45, 7) is 3.95. The van der Waals surface area contributed by atoms with Gasteiger partial charge in [0, 0.05) is 23.6 Å². The Balaban J connectivity index is 1.58. The number of nitrogens with zero attached hydrogens (tertiary/aromatic N) is 5. The third kappa shape index (κ3) is 5.11. The molecule has 0 saturated heterocycles. The molecule has 9 nitrogen and oxygen atoms in total. The zero-order chi connectivity index (χ0) is 25.8. The monoisotopic (exact) mass is 494 g/mol. The Morgan fingerprint density at radius 3 is 2.70 bits per heavy atom. The average molecular weight is 495 g/mol. The molecule has 0 aliphatic carbocycles. The van der Waals surface area contributed by atoms with Gasteiger partial charge >= 0.3 is 0 Å². The summed E-state index contributed by atoms with van der Waals surface area (Å²) in [6.07, 6.45) is 4.79. The van der Waals surface area contributed by atoms with Crippen LogP contribution < -0.4 is 10.2 Å². The summed E-state index contributed by atoms with van der Waals surface area (Å²) in [6, 6.07) is 19.4. The van der Waals surface area contributed by atoms with Crippen molar-refractivity contribution in [3.8, 4) is 0 Å². The van der Waals surface area contributed by atoms with E-state index >= 15 is 0 Å². The van der Waals surface area contributed by atoms with Crippen molar-refractivity contribution in [2.24, 2.45) is 0 Å². The minimum absolute atomic E-state index is 0.101. The van der Waals surface area contributed by atoms with Gasteiger partial charge in [-0.15, -0.1) is 5.10 Å². The third-order valence-corrected chi connectivity index (χ3v) is 6.12. The number of benzene rings is 2. The molecule has 0 radical (unpaired) electrons. The van der Waals surface area contributed by atoms with E-state index in [1.165, 1.54) is 4.90 Å². The Labute approximate surface area is 213 Å². The number of carbonyl (C=O) groups excluding carboxylic acids is 2. The lowest BCUT2D eigenvalue weighted by molar-refractivity contribution is -0.127. The Bertz CT molecular complexity index is 1530. The second-order valence-electron chi connectivity index (χ2n) is 8.78. The van der Waals surface area contributed by atoms with Crippen molar-refractivity contribution < 1.29 is 14.0 Å². The molecule has 0 bridgehead atoms. The van der Waals surface area contributed by atoms with E-state index in [1.54, 1.807) is 47.6 Å². The van der Waals surface area contributed by atoms with Crippen LogP contribution in [0, 0.1) is 13.8 Å². The molecule has 2 aromatic carbocycles. The lowest BCUT2D eigenvalue weighted by Gasteiger charge is -2.32. The van der Waals surface area contributed by atoms with Gasteiger partial charge in [-0.3, -0.25) is 19.5 Å². The highest BCUT2D eigenvalue weighted by Gasteiger charge is 2.34. The number of fused-ring (bicyclic) bond motifs is 1. The number of aryl methyl sites for hydroxylation is 2. The maximum Gasteiger partial charge on any atom is 0.249 e. The van der Waals surface area contributed by atoms with Crippen LogP contribution in [0.2, 0.25) is 0 Å². The summed E-state index contributed by atoms with van der Waals surface area (Å²) >= 11 is 0. The van der Waals surface area contributed by atoms with Gasteiger partial charge in [0.05, 0.1) is 18.3 Å². The summed E-state index contributed by atoms with van der Waals surface area (Å²) in [5.41, 5.74) is 4.46. The molecule has 1 N–H and O–H groups in total. The van der Waals surface area contributed by atoms with E-state index in [0.29, 0.717) is 22.5 Å². The number of pyridine rings is 1. The molecule has 37 heavy (non-hydrogen) atoms. The number of carbonyl (C=O) groups is 2. The number of furan rings is 1. The number of amides is 2. The molecule has 1 unspecified atom stereocenters. The van der Waals surface area contributed by atoms with E-state index in [4.69, 9.17) is 4.42 Å². The number of anilines is 1. The minimum Gasteiger partial charge on any atom is -0.467 e. The van der Waals surface area contributed by atoms with Crippen LogP contribution >= 0.6 is 0 Å². The van der Waals surface area contributed by atoms with Crippen LogP contribution in [0.4, 0.5) is 5.69 Å². The van der Waals surface area contributed by atoms with Crippen molar-refractivity contribution in [2.45, 2.75) is 33.0 Å². The molecular formula is C28H26N6O3. The predicted octanol–water partition coefficient (Wildman–Crippen LogP) is 4.13. The fourth-order valence-corrected chi connectivity index (χ4v) is 4.27. The first-order chi connectivity index (χ1) is 18.0. The quantitative estimate of drug-likeness (QED) is 0.348. The van der Waals surface area contributed by atoms with Gasteiger partial charge in [0.25, 0.3) is 0 Å². The molecule has 3 heterocycles. The zero-order valence-electron chi connectivity index (χ0n) is 20.5. The Morgan fingerprint density at radius 2 is 1.92 bits per heavy atom. The average Bonchev–Trinajstić information content (AvgIpc) is 3.58. The maximum absolute atomic E-state index is 14.1. The fraction of sp³-hybridized carbons (Fsp3) is 0.179. The molecule has 186 valence electrons. The fourth-order valence-electron chi connectivity index (χ4n) is 4.27. The molecule has 3 aromatic heterocycles. The van der Waals surface area contributed by atoms with Gasteiger partial charge < -0.3 is 9.73 Å². The summed E-state index contributed by atoms with van der Waals surface area (Å²) in [5.74, 6) is -0.0644. The Morgan fingerprint density at radius 1 is 1.05 bits per heavy atom. The number of hydrogen-bond acceptors (Lipinski definition) is 6. The van der Waals surface area contributed by atoms with E-state index in [1.807, 2.05) is 56.3 Å². The summed E-state index contributed by atoms with van der Waals surface area (Å²) in [5, 5.41) is 11.3. The van der Waals surface area contributed by atoms with Crippen LogP contribution in [-0.4, -0.2) is 31.8 Å². The van der Waals surface area contributed by atoms with Crippen LogP contribution in [0.25, 0.3) is 11.0 Å². The van der Waals surface area contributed by atoms with Gasteiger partial charge in [0.15, 0.2) is 0 Å². The topological polar surface area (TPSA) is 106 Å². The number of rotatable bonds is 8. The summed E-state index contributed by atoms with van der Waals surface area (Å²) in [7, 11) is 0. The van der Waals surface area contributed by atoms with E-state index in [9.17, 15) is 9.59 Å². The first-order valence-corrected chi connectivity index (χ1v) is 11.9. The van der Waals surface area contributed by atoms with E-state index in [2.05, 4.69) is 20.6 Å². The van der Waals surface area contributed by atoms with E-state index in [-0.39, 0.29) is 24.9 Å². The normalized spacial score (nSPS) is 11.8. The molecule has 0 saturated carbocycles. The molecule has 2 amide bonds. The second kappa shape index (κ2) is 10.4. The Hall–Kier alpha value is -4.79. The lowest BCUT2D eigenvalue weighted by atomic mass is 10.0. The van der Waals surface area contributed by atoms with Gasteiger partial charge in [0.2, 0.25) is 11.8 Å².